The first-order valence-electron chi connectivity index (χ1n) is 7.23. The van der Waals surface area contributed by atoms with Crippen LogP contribution in [0, 0.1) is 5.92 Å². The van der Waals surface area contributed by atoms with Crippen LogP contribution in [-0.2, 0) is 10.2 Å². The second kappa shape index (κ2) is 6.44. The third-order valence-electron chi connectivity index (χ3n) is 4.02. The van der Waals surface area contributed by atoms with Crippen LogP contribution in [0.4, 0.5) is 0 Å². The smallest absolute Gasteiger partial charge is 0.308 e. The fourth-order valence-corrected chi connectivity index (χ4v) is 2.78. The first-order chi connectivity index (χ1) is 10.4. The van der Waals surface area contributed by atoms with Crippen LogP contribution in [0.5, 0.6) is 0 Å². The van der Waals surface area contributed by atoms with Gasteiger partial charge in [0.25, 0.3) is 0 Å². The van der Waals surface area contributed by atoms with Crippen molar-refractivity contribution in [3.05, 3.63) is 30.2 Å². The Morgan fingerprint density at radius 3 is 2.64 bits per heavy atom. The maximum absolute atomic E-state index is 11.7. The molecule has 0 fully saturated rings. The van der Waals surface area contributed by atoms with Crippen LogP contribution in [0.1, 0.15) is 39.0 Å². The maximum atomic E-state index is 11.7. The lowest BCUT2D eigenvalue weighted by molar-refractivity contribution is -0.144. The number of carboxylic acid groups (broad SMARTS) is 1. The molecule has 2 unspecified atom stereocenters. The monoisotopic (exact) mass is 321 g/mol. The topological polar surface area (TPSA) is 83.6 Å². The third-order valence-corrected chi connectivity index (χ3v) is 4.45. The van der Waals surface area contributed by atoms with E-state index >= 15 is 0 Å². The van der Waals surface area contributed by atoms with Gasteiger partial charge in [-0.1, -0.05) is 31.9 Å². The number of carbonyl (C=O) groups is 1. The average molecular weight is 321 g/mol. The molecule has 0 spiro atoms. The zero-order valence-electron chi connectivity index (χ0n) is 12.6. The highest BCUT2D eigenvalue weighted by Crippen LogP contribution is 2.37. The van der Waals surface area contributed by atoms with E-state index < -0.39 is 22.4 Å². The molecule has 0 radical (unpaired) electrons. The number of carboxylic acids is 1. The molecule has 2 aromatic rings. The number of fused-ring (bicyclic) bond motifs is 1. The molecule has 2 N–H and O–H groups in total. The average Bonchev–Trinajstić information content (AvgIpc) is 2.91. The van der Waals surface area contributed by atoms with E-state index in [0.717, 1.165) is 12.8 Å². The van der Waals surface area contributed by atoms with Crippen LogP contribution in [0.3, 0.4) is 0 Å². The molecule has 0 bridgehead atoms. The number of nitrogens with zero attached hydrogens (tertiary/aromatic N) is 1. The molecule has 5 nitrogen and oxygen atoms in total. The number of unbranched alkanes of at least 4 members (excludes halogenated alkanes) is 1. The molecule has 22 heavy (non-hydrogen) atoms. The Bertz CT molecular complexity index is 663. The molecule has 0 aliphatic rings. The van der Waals surface area contributed by atoms with Gasteiger partial charge in [-0.2, -0.15) is 0 Å². The summed E-state index contributed by atoms with van der Waals surface area (Å²) in [7, 11) is 0. The highest BCUT2D eigenvalue weighted by Gasteiger charge is 2.48. The molecule has 1 heterocycles. The Morgan fingerprint density at radius 1 is 1.41 bits per heavy atom. The van der Waals surface area contributed by atoms with E-state index in [9.17, 15) is 15.0 Å². The van der Waals surface area contributed by atoms with Gasteiger partial charge < -0.3 is 14.6 Å². The number of thiocarbonyl (C=S) groups is 1. The number of benzene rings is 1. The largest absolute Gasteiger partial charge is 0.501 e. The summed E-state index contributed by atoms with van der Waals surface area (Å²) >= 11 is 4.96. The van der Waals surface area contributed by atoms with Crippen molar-refractivity contribution in [2.24, 2.45) is 5.92 Å². The summed E-state index contributed by atoms with van der Waals surface area (Å²) in [6, 6.07) is 7.13. The number of rotatable bonds is 7. The molecule has 2 rings (SSSR count). The summed E-state index contributed by atoms with van der Waals surface area (Å²) in [5.41, 5.74) is -0.186. The van der Waals surface area contributed by atoms with Gasteiger partial charge in [-0.15, -0.1) is 0 Å². The van der Waals surface area contributed by atoms with Gasteiger partial charge in [-0.3, -0.25) is 4.79 Å². The number of aromatic nitrogens is 1. The fourth-order valence-electron chi connectivity index (χ4n) is 2.55. The van der Waals surface area contributed by atoms with E-state index in [-0.39, 0.29) is 5.89 Å². The van der Waals surface area contributed by atoms with Crippen molar-refractivity contribution in [1.29, 1.82) is 0 Å². The van der Waals surface area contributed by atoms with Crippen LogP contribution in [0.15, 0.2) is 28.7 Å². The summed E-state index contributed by atoms with van der Waals surface area (Å²) in [5, 5.41) is 19.2. The first-order valence-corrected chi connectivity index (χ1v) is 7.64. The lowest BCUT2D eigenvalue weighted by Gasteiger charge is -2.30. The van der Waals surface area contributed by atoms with Crippen LogP contribution in [0.25, 0.3) is 11.1 Å². The van der Waals surface area contributed by atoms with Gasteiger partial charge in [-0.25, -0.2) is 4.98 Å². The molecule has 0 amide bonds. The summed E-state index contributed by atoms with van der Waals surface area (Å²) in [6.07, 6.45) is 1.96. The van der Waals surface area contributed by atoms with Gasteiger partial charge in [0.2, 0.25) is 5.89 Å². The Morgan fingerprint density at radius 2 is 2.09 bits per heavy atom. The molecule has 118 valence electrons. The summed E-state index contributed by atoms with van der Waals surface area (Å²) in [4.78, 5) is 16.0. The second-order valence-electron chi connectivity index (χ2n) is 5.53. The van der Waals surface area contributed by atoms with Crippen LogP contribution in [0.2, 0.25) is 0 Å². The van der Waals surface area contributed by atoms with Gasteiger partial charge in [-0.05, 0) is 37.7 Å². The molecule has 0 aliphatic heterocycles. The van der Waals surface area contributed by atoms with Gasteiger partial charge >= 0.3 is 5.97 Å². The standard InChI is InChI=1S/C16H19NO4S/c1-3-4-7-10(13(18)19)16(2,15(20)22)14-17-11-8-5-6-9-12(11)21-14/h5-6,8-10H,3-4,7H2,1-2H3,(H,18,19)(H,20,22). The van der Waals surface area contributed by atoms with E-state index in [4.69, 9.17) is 16.6 Å². The van der Waals surface area contributed by atoms with Crippen molar-refractivity contribution >= 4 is 34.3 Å². The summed E-state index contributed by atoms with van der Waals surface area (Å²) in [6.45, 7) is 3.56. The molecule has 0 saturated heterocycles. The maximum Gasteiger partial charge on any atom is 0.308 e. The summed E-state index contributed by atoms with van der Waals surface area (Å²) < 4.78 is 5.68. The quantitative estimate of drug-likeness (QED) is 0.753. The number of hydrogen-bond acceptors (Lipinski definition) is 4. The predicted molar refractivity (Wildman–Crippen MR) is 87.2 cm³/mol. The lowest BCUT2D eigenvalue weighted by Crippen LogP contribution is -2.43. The van der Waals surface area contributed by atoms with E-state index in [1.807, 2.05) is 13.0 Å². The normalized spacial score (nSPS) is 15.4. The van der Waals surface area contributed by atoms with Crippen molar-refractivity contribution in [2.45, 2.75) is 38.5 Å². The fraction of sp³-hybridized carbons (Fsp3) is 0.438. The van der Waals surface area contributed by atoms with Crippen LogP contribution in [-0.4, -0.2) is 26.2 Å². The molecule has 1 aromatic carbocycles. The highest BCUT2D eigenvalue weighted by molar-refractivity contribution is 7.80. The summed E-state index contributed by atoms with van der Waals surface area (Å²) in [5.74, 6) is -1.77. The molecular weight excluding hydrogens is 302 g/mol. The third kappa shape index (κ3) is 2.83. The van der Waals surface area contributed by atoms with Crippen molar-refractivity contribution in [3.8, 4) is 0 Å². The highest BCUT2D eigenvalue weighted by atomic mass is 32.1. The van der Waals surface area contributed by atoms with E-state index in [0.29, 0.717) is 17.5 Å². The van der Waals surface area contributed by atoms with Gasteiger partial charge in [0.05, 0.1) is 5.92 Å². The Kier molecular flexibility index (Phi) is 4.81. The number of hydrogen-bond donors (Lipinski definition) is 2. The Labute approximate surface area is 134 Å². The number of aliphatic carboxylic acids is 1. The Balaban J connectivity index is 2.54. The molecular formula is C16H19NO4S. The zero-order chi connectivity index (χ0) is 16.3. The second-order valence-corrected chi connectivity index (χ2v) is 5.91. The van der Waals surface area contributed by atoms with Crippen molar-refractivity contribution < 1.29 is 19.4 Å². The van der Waals surface area contributed by atoms with Gasteiger partial charge in [0.15, 0.2) is 10.6 Å². The molecule has 2 atom stereocenters. The SMILES string of the molecule is CCCCC(C(=O)O)C(C)(C(O)=S)c1nc2ccccc2o1. The number of oxazole rings is 1. The molecule has 6 heteroatoms. The molecule has 0 saturated carbocycles. The Hall–Kier alpha value is -1.95. The van der Waals surface area contributed by atoms with E-state index in [1.165, 1.54) is 0 Å². The van der Waals surface area contributed by atoms with E-state index in [2.05, 4.69) is 4.98 Å². The number of aliphatic hydroxyl groups is 1. The van der Waals surface area contributed by atoms with Crippen molar-refractivity contribution in [1.82, 2.24) is 4.98 Å². The molecule has 0 aliphatic carbocycles. The van der Waals surface area contributed by atoms with Crippen molar-refractivity contribution in [3.63, 3.8) is 0 Å². The minimum Gasteiger partial charge on any atom is -0.501 e. The first kappa shape index (κ1) is 16.4. The lowest BCUT2D eigenvalue weighted by atomic mass is 9.74. The van der Waals surface area contributed by atoms with Gasteiger partial charge in [0.1, 0.15) is 10.9 Å². The number of para-hydroxylation sites is 2. The molecule has 1 aromatic heterocycles. The minimum atomic E-state index is -1.34. The number of aliphatic hydroxyl groups excluding tert-OH is 1. The van der Waals surface area contributed by atoms with Crippen molar-refractivity contribution in [2.75, 3.05) is 0 Å². The van der Waals surface area contributed by atoms with Crippen LogP contribution < -0.4 is 0 Å². The van der Waals surface area contributed by atoms with E-state index in [1.54, 1.807) is 25.1 Å². The zero-order valence-corrected chi connectivity index (χ0v) is 13.4. The van der Waals surface area contributed by atoms with Gasteiger partial charge in [0, 0.05) is 0 Å². The predicted octanol–water partition coefficient (Wildman–Crippen LogP) is 3.86. The minimum absolute atomic E-state index is 0.143. The van der Waals surface area contributed by atoms with Crippen LogP contribution >= 0.6 is 12.2 Å².